The summed E-state index contributed by atoms with van der Waals surface area (Å²) in [6.45, 7) is 0. The SMILES string of the molecule is [Br-].c1ccc(Sc2ccc([S+](c3ccccc3)c3ccccc3)cc2)cc1. The maximum atomic E-state index is 2.27. The Labute approximate surface area is 178 Å². The van der Waals surface area contributed by atoms with Crippen LogP contribution in [-0.4, -0.2) is 0 Å². The summed E-state index contributed by atoms with van der Waals surface area (Å²) in [5, 5.41) is 0. The molecule has 0 saturated heterocycles. The predicted molar refractivity (Wildman–Crippen MR) is 112 cm³/mol. The van der Waals surface area contributed by atoms with Gasteiger partial charge in [0, 0.05) is 9.79 Å². The minimum atomic E-state index is -0.0786. The van der Waals surface area contributed by atoms with Gasteiger partial charge in [-0.2, -0.15) is 0 Å². The van der Waals surface area contributed by atoms with Crippen LogP contribution in [0.3, 0.4) is 0 Å². The second-order valence-electron chi connectivity index (χ2n) is 5.82. The van der Waals surface area contributed by atoms with Gasteiger partial charge in [-0.25, -0.2) is 0 Å². The van der Waals surface area contributed by atoms with E-state index in [4.69, 9.17) is 0 Å². The molecule has 0 atom stereocenters. The third-order valence-corrected chi connectivity index (χ3v) is 7.24. The van der Waals surface area contributed by atoms with Crippen LogP contribution in [0, 0.1) is 0 Å². The van der Waals surface area contributed by atoms with Gasteiger partial charge in [-0.3, -0.25) is 0 Å². The number of hydrogen-bond donors (Lipinski definition) is 0. The molecule has 0 fully saturated rings. The van der Waals surface area contributed by atoms with Gasteiger partial charge in [0.2, 0.25) is 0 Å². The molecule has 0 aliphatic rings. The number of hydrogen-bond acceptors (Lipinski definition) is 1. The second kappa shape index (κ2) is 9.84. The first-order valence-electron chi connectivity index (χ1n) is 8.57. The molecule has 4 rings (SSSR count). The fourth-order valence-electron chi connectivity index (χ4n) is 2.79. The maximum absolute atomic E-state index is 2.27. The van der Waals surface area contributed by atoms with Crippen LogP contribution in [0.2, 0.25) is 0 Å². The summed E-state index contributed by atoms with van der Waals surface area (Å²) in [6.07, 6.45) is 0. The van der Waals surface area contributed by atoms with Crippen LogP contribution >= 0.6 is 11.8 Å². The number of rotatable bonds is 5. The first kappa shape index (κ1) is 19.8. The Morgan fingerprint density at radius 3 is 1.26 bits per heavy atom. The molecule has 0 aliphatic carbocycles. The molecule has 0 amide bonds. The Hall–Kier alpha value is -1.94. The Bertz CT molecular complexity index is 900. The first-order valence-corrected chi connectivity index (χ1v) is 10.6. The van der Waals surface area contributed by atoms with E-state index in [2.05, 4.69) is 115 Å². The third-order valence-electron chi connectivity index (χ3n) is 4.00. The molecular formula is C24H19BrS2. The van der Waals surface area contributed by atoms with Crippen LogP contribution in [0.4, 0.5) is 0 Å². The van der Waals surface area contributed by atoms with Crippen LogP contribution in [0.5, 0.6) is 0 Å². The number of halogens is 1. The Balaban J connectivity index is 0.00000210. The molecule has 0 N–H and O–H groups in total. The molecule has 0 heterocycles. The summed E-state index contributed by atoms with van der Waals surface area (Å²) < 4.78 is 0. The zero-order valence-corrected chi connectivity index (χ0v) is 17.9. The fraction of sp³-hybridized carbons (Fsp3) is 0. The van der Waals surface area contributed by atoms with Gasteiger partial charge in [0.15, 0.2) is 14.7 Å². The van der Waals surface area contributed by atoms with E-state index in [-0.39, 0.29) is 27.9 Å². The van der Waals surface area contributed by atoms with Crippen LogP contribution in [0.25, 0.3) is 0 Å². The summed E-state index contributed by atoms with van der Waals surface area (Å²) >= 11 is 1.80. The van der Waals surface area contributed by atoms with Crippen molar-refractivity contribution >= 4 is 22.7 Å². The van der Waals surface area contributed by atoms with Gasteiger partial charge in [-0.05, 0) is 60.7 Å². The molecule has 4 aromatic carbocycles. The lowest BCUT2D eigenvalue weighted by Crippen LogP contribution is -3.00. The predicted octanol–water partition coefficient (Wildman–Crippen LogP) is 3.94. The largest absolute Gasteiger partial charge is 1.00 e. The van der Waals surface area contributed by atoms with E-state index in [0.717, 1.165) is 0 Å². The molecule has 3 heteroatoms. The molecule has 0 nitrogen and oxygen atoms in total. The second-order valence-corrected chi connectivity index (χ2v) is 8.99. The van der Waals surface area contributed by atoms with Crippen molar-refractivity contribution in [3.05, 3.63) is 115 Å². The molecule has 0 radical (unpaired) electrons. The van der Waals surface area contributed by atoms with E-state index < -0.39 is 0 Å². The van der Waals surface area contributed by atoms with E-state index in [1.54, 1.807) is 11.8 Å². The van der Waals surface area contributed by atoms with Crippen LogP contribution in [0.15, 0.2) is 140 Å². The van der Waals surface area contributed by atoms with Gasteiger partial charge in [-0.15, -0.1) is 0 Å². The average molecular weight is 451 g/mol. The monoisotopic (exact) mass is 450 g/mol. The zero-order valence-electron chi connectivity index (χ0n) is 14.7. The van der Waals surface area contributed by atoms with Gasteiger partial charge in [0.1, 0.15) is 0 Å². The first-order chi connectivity index (χ1) is 12.9. The molecule has 0 unspecified atom stereocenters. The molecule has 0 spiro atoms. The van der Waals surface area contributed by atoms with Gasteiger partial charge in [0.25, 0.3) is 0 Å². The van der Waals surface area contributed by atoms with Gasteiger partial charge < -0.3 is 17.0 Å². The standard InChI is InChI=1S/C24H19S2.BrH/c1-4-10-20(11-5-1)25-21-16-18-24(19-17-21)26(22-12-6-2-7-13-22)23-14-8-3-9-15-23;/h1-19H;1H/q+1;/p-1. The minimum Gasteiger partial charge on any atom is -1.00 e. The lowest BCUT2D eigenvalue weighted by molar-refractivity contribution is -0.00000501. The molecule has 0 saturated carbocycles. The number of benzene rings is 4. The molecule has 134 valence electrons. The Kier molecular flexibility index (Phi) is 7.22. The highest BCUT2D eigenvalue weighted by atomic mass is 79.9. The summed E-state index contributed by atoms with van der Waals surface area (Å²) in [5.74, 6) is 0. The summed E-state index contributed by atoms with van der Waals surface area (Å²) in [6, 6.07) is 41.1. The topological polar surface area (TPSA) is 0 Å². The minimum absolute atomic E-state index is 0. The van der Waals surface area contributed by atoms with Crippen molar-refractivity contribution in [1.82, 2.24) is 0 Å². The van der Waals surface area contributed by atoms with Gasteiger partial charge in [-0.1, -0.05) is 66.4 Å². The summed E-state index contributed by atoms with van der Waals surface area (Å²) in [7, 11) is -0.0786. The molecule has 0 aliphatic heterocycles. The maximum Gasteiger partial charge on any atom is 0.166 e. The molecule has 27 heavy (non-hydrogen) atoms. The van der Waals surface area contributed by atoms with Gasteiger partial charge >= 0.3 is 0 Å². The zero-order chi connectivity index (χ0) is 17.6. The Morgan fingerprint density at radius 1 is 0.407 bits per heavy atom. The van der Waals surface area contributed by atoms with Crippen molar-refractivity contribution in [2.24, 2.45) is 0 Å². The van der Waals surface area contributed by atoms with Crippen molar-refractivity contribution in [1.29, 1.82) is 0 Å². The van der Waals surface area contributed by atoms with Crippen molar-refractivity contribution in [2.45, 2.75) is 24.5 Å². The van der Waals surface area contributed by atoms with Crippen molar-refractivity contribution in [2.75, 3.05) is 0 Å². The third kappa shape index (κ3) is 5.07. The normalized spacial score (nSPS) is 10.4. The van der Waals surface area contributed by atoms with Crippen LogP contribution < -0.4 is 17.0 Å². The average Bonchev–Trinajstić information content (AvgIpc) is 2.72. The Morgan fingerprint density at radius 2 is 0.778 bits per heavy atom. The van der Waals surface area contributed by atoms with Crippen molar-refractivity contribution in [3.63, 3.8) is 0 Å². The van der Waals surface area contributed by atoms with E-state index in [0.29, 0.717) is 0 Å². The van der Waals surface area contributed by atoms with Crippen molar-refractivity contribution < 1.29 is 17.0 Å². The molecule has 0 aromatic heterocycles. The van der Waals surface area contributed by atoms with E-state index in [1.165, 1.54) is 24.5 Å². The van der Waals surface area contributed by atoms with Crippen LogP contribution in [0.1, 0.15) is 0 Å². The lowest BCUT2D eigenvalue weighted by atomic mass is 10.3. The highest BCUT2D eigenvalue weighted by Gasteiger charge is 2.27. The fourth-order valence-corrected chi connectivity index (χ4v) is 5.71. The molecule has 4 aromatic rings. The van der Waals surface area contributed by atoms with E-state index in [1.807, 2.05) is 0 Å². The van der Waals surface area contributed by atoms with Gasteiger partial charge in [0.05, 0.1) is 10.9 Å². The van der Waals surface area contributed by atoms with Crippen LogP contribution in [-0.2, 0) is 10.9 Å². The van der Waals surface area contributed by atoms with E-state index in [9.17, 15) is 0 Å². The lowest BCUT2D eigenvalue weighted by Gasteiger charge is -2.08. The molecule has 0 bridgehead atoms. The summed E-state index contributed by atoms with van der Waals surface area (Å²) in [4.78, 5) is 6.58. The summed E-state index contributed by atoms with van der Waals surface area (Å²) in [5.41, 5.74) is 0. The highest BCUT2D eigenvalue weighted by molar-refractivity contribution is 7.99. The highest BCUT2D eigenvalue weighted by Crippen LogP contribution is 2.33. The molecular weight excluding hydrogens is 432 g/mol. The van der Waals surface area contributed by atoms with E-state index >= 15 is 0 Å². The smallest absolute Gasteiger partial charge is 0.166 e. The van der Waals surface area contributed by atoms with Crippen molar-refractivity contribution in [3.8, 4) is 0 Å². The quantitative estimate of drug-likeness (QED) is 0.415.